The molecule has 0 aliphatic rings. The average molecular weight is 407 g/mol. The molecular weight excluding hydrogens is 386 g/mol. The molecule has 0 spiro atoms. The Balaban J connectivity index is 2.12. The van der Waals surface area contributed by atoms with Crippen molar-refractivity contribution in [3.8, 4) is 11.5 Å². The fourth-order valence-corrected chi connectivity index (χ4v) is 3.27. The van der Waals surface area contributed by atoms with Crippen LogP contribution in [0.2, 0.25) is 0 Å². The van der Waals surface area contributed by atoms with Gasteiger partial charge in [0.15, 0.2) is 27.4 Å². The number of sulfone groups is 1. The van der Waals surface area contributed by atoms with Crippen molar-refractivity contribution in [2.45, 2.75) is 17.9 Å². The zero-order valence-electron chi connectivity index (χ0n) is 15.9. The fraction of sp³-hybridized carbons (Fsp3) is 0.263. The van der Waals surface area contributed by atoms with E-state index in [2.05, 4.69) is 5.32 Å². The summed E-state index contributed by atoms with van der Waals surface area (Å²) in [5, 5.41) is 2.60. The highest BCUT2D eigenvalue weighted by Crippen LogP contribution is 2.29. The number of hydrogen-bond donors (Lipinski definition) is 1. The Morgan fingerprint density at radius 1 is 1.00 bits per heavy atom. The van der Waals surface area contributed by atoms with E-state index in [9.17, 15) is 18.0 Å². The summed E-state index contributed by atoms with van der Waals surface area (Å²) >= 11 is 0. The van der Waals surface area contributed by atoms with E-state index in [0.29, 0.717) is 17.2 Å². The Labute approximate surface area is 163 Å². The quantitative estimate of drug-likeness (QED) is 0.702. The predicted octanol–water partition coefficient (Wildman–Crippen LogP) is 2.29. The number of esters is 1. The molecule has 0 aliphatic carbocycles. The van der Waals surface area contributed by atoms with Crippen LogP contribution in [0.3, 0.4) is 0 Å². The van der Waals surface area contributed by atoms with Gasteiger partial charge >= 0.3 is 5.97 Å². The van der Waals surface area contributed by atoms with Gasteiger partial charge in [0.05, 0.1) is 24.7 Å². The molecule has 0 radical (unpaired) electrons. The zero-order chi connectivity index (χ0) is 20.9. The first-order valence-electron chi connectivity index (χ1n) is 8.20. The molecule has 1 N–H and O–H groups in total. The van der Waals surface area contributed by atoms with E-state index in [0.717, 1.165) is 6.26 Å². The molecule has 150 valence electrons. The first-order chi connectivity index (χ1) is 13.2. The molecule has 8 nitrogen and oxygen atoms in total. The molecule has 1 amide bonds. The highest BCUT2D eigenvalue weighted by atomic mass is 32.2. The van der Waals surface area contributed by atoms with Gasteiger partial charge in [0, 0.05) is 18.0 Å². The molecule has 0 heterocycles. The lowest BCUT2D eigenvalue weighted by Crippen LogP contribution is -2.30. The summed E-state index contributed by atoms with van der Waals surface area (Å²) in [6.07, 6.45) is -0.167. The number of amides is 1. The van der Waals surface area contributed by atoms with E-state index >= 15 is 0 Å². The van der Waals surface area contributed by atoms with Crippen LogP contribution in [0.15, 0.2) is 47.4 Å². The van der Waals surface area contributed by atoms with Crippen LogP contribution in [0.1, 0.15) is 17.3 Å². The van der Waals surface area contributed by atoms with Crippen molar-refractivity contribution in [3.05, 3.63) is 48.0 Å². The van der Waals surface area contributed by atoms with Gasteiger partial charge in [-0.2, -0.15) is 0 Å². The fourth-order valence-electron chi connectivity index (χ4n) is 2.39. The number of carbonyl (C=O) groups excluding carboxylic acids is 2. The van der Waals surface area contributed by atoms with Crippen molar-refractivity contribution < 1.29 is 32.2 Å². The number of hydrogen-bond acceptors (Lipinski definition) is 7. The molecule has 2 aromatic rings. The third-order valence-corrected chi connectivity index (χ3v) is 4.97. The average Bonchev–Trinajstić information content (AvgIpc) is 2.67. The summed E-state index contributed by atoms with van der Waals surface area (Å²) in [6.45, 7) is 1.39. The molecule has 0 saturated carbocycles. The SMILES string of the molecule is COc1ccc(NC(=O)[C@H](C)OC(=O)c2ccccc2S(C)(=O)=O)cc1OC. The first-order valence-corrected chi connectivity index (χ1v) is 10.1. The maximum Gasteiger partial charge on any atom is 0.340 e. The van der Waals surface area contributed by atoms with Crippen LogP contribution in [0.25, 0.3) is 0 Å². The van der Waals surface area contributed by atoms with Crippen molar-refractivity contribution >= 4 is 27.4 Å². The molecule has 0 aliphatic heterocycles. The van der Waals surface area contributed by atoms with Crippen LogP contribution in [0, 0.1) is 0 Å². The van der Waals surface area contributed by atoms with E-state index in [4.69, 9.17) is 14.2 Å². The Kier molecular flexibility index (Phi) is 6.63. The van der Waals surface area contributed by atoms with Crippen LogP contribution in [0.4, 0.5) is 5.69 Å². The van der Waals surface area contributed by atoms with Crippen LogP contribution in [-0.2, 0) is 19.4 Å². The van der Waals surface area contributed by atoms with E-state index in [1.807, 2.05) is 0 Å². The predicted molar refractivity (Wildman–Crippen MR) is 103 cm³/mol. The lowest BCUT2D eigenvalue weighted by molar-refractivity contribution is -0.123. The van der Waals surface area contributed by atoms with Gasteiger partial charge in [-0.05, 0) is 31.2 Å². The molecule has 2 aromatic carbocycles. The third kappa shape index (κ3) is 5.01. The van der Waals surface area contributed by atoms with Gasteiger partial charge < -0.3 is 19.5 Å². The maximum absolute atomic E-state index is 12.4. The number of rotatable bonds is 7. The standard InChI is InChI=1S/C19H21NO7S/c1-12(18(21)20-13-9-10-15(25-2)16(11-13)26-3)27-19(22)14-7-5-6-8-17(14)28(4,23)24/h5-12H,1-4H3,(H,20,21)/t12-/m0/s1. The van der Waals surface area contributed by atoms with Crippen LogP contribution < -0.4 is 14.8 Å². The van der Waals surface area contributed by atoms with E-state index in [-0.39, 0.29) is 10.5 Å². The van der Waals surface area contributed by atoms with Crippen molar-refractivity contribution in [3.63, 3.8) is 0 Å². The minimum Gasteiger partial charge on any atom is -0.493 e. The summed E-state index contributed by atoms with van der Waals surface area (Å²) in [4.78, 5) is 24.5. The van der Waals surface area contributed by atoms with Crippen LogP contribution in [0.5, 0.6) is 11.5 Å². The molecular formula is C19H21NO7S. The second-order valence-electron chi connectivity index (χ2n) is 5.87. The van der Waals surface area contributed by atoms with Gasteiger partial charge in [-0.25, -0.2) is 13.2 Å². The number of carbonyl (C=O) groups is 2. The largest absolute Gasteiger partial charge is 0.493 e. The summed E-state index contributed by atoms with van der Waals surface area (Å²) in [7, 11) is -0.667. The highest BCUT2D eigenvalue weighted by Gasteiger charge is 2.24. The Morgan fingerprint density at radius 2 is 1.64 bits per heavy atom. The summed E-state index contributed by atoms with van der Waals surface area (Å²) in [6, 6.07) is 10.4. The molecule has 0 bridgehead atoms. The summed E-state index contributed by atoms with van der Waals surface area (Å²) in [5.74, 6) is -0.572. The van der Waals surface area contributed by atoms with Crippen molar-refractivity contribution in [1.82, 2.24) is 0 Å². The molecule has 28 heavy (non-hydrogen) atoms. The number of ether oxygens (including phenoxy) is 3. The second kappa shape index (κ2) is 8.75. The summed E-state index contributed by atoms with van der Waals surface area (Å²) in [5.41, 5.74) is 0.290. The Morgan fingerprint density at radius 3 is 2.25 bits per heavy atom. The zero-order valence-corrected chi connectivity index (χ0v) is 16.7. The third-order valence-electron chi connectivity index (χ3n) is 3.81. The number of benzene rings is 2. The molecule has 0 saturated heterocycles. The Hall–Kier alpha value is -3.07. The molecule has 9 heteroatoms. The number of methoxy groups -OCH3 is 2. The number of nitrogens with one attached hydrogen (secondary N) is 1. The first kappa shape index (κ1) is 21.2. The Bertz CT molecular complexity index is 986. The van der Waals surface area contributed by atoms with Gasteiger partial charge in [0.25, 0.3) is 5.91 Å². The van der Waals surface area contributed by atoms with Crippen molar-refractivity contribution in [2.24, 2.45) is 0 Å². The lowest BCUT2D eigenvalue weighted by atomic mass is 10.2. The van der Waals surface area contributed by atoms with Crippen LogP contribution in [-0.4, -0.2) is 46.9 Å². The monoisotopic (exact) mass is 407 g/mol. The van der Waals surface area contributed by atoms with Crippen LogP contribution >= 0.6 is 0 Å². The van der Waals surface area contributed by atoms with Gasteiger partial charge in [-0.1, -0.05) is 12.1 Å². The van der Waals surface area contributed by atoms with Gasteiger partial charge in [0.1, 0.15) is 0 Å². The van der Waals surface area contributed by atoms with Crippen molar-refractivity contribution in [2.75, 3.05) is 25.8 Å². The van der Waals surface area contributed by atoms with E-state index in [1.54, 1.807) is 18.2 Å². The summed E-state index contributed by atoms with van der Waals surface area (Å²) < 4.78 is 39.1. The smallest absolute Gasteiger partial charge is 0.340 e. The van der Waals surface area contributed by atoms with Gasteiger partial charge in [0.2, 0.25) is 0 Å². The minimum atomic E-state index is -3.62. The molecule has 0 fully saturated rings. The number of anilines is 1. The van der Waals surface area contributed by atoms with Gasteiger partial charge in [-0.3, -0.25) is 4.79 Å². The van der Waals surface area contributed by atoms with Gasteiger partial charge in [-0.15, -0.1) is 0 Å². The molecule has 2 rings (SSSR count). The van der Waals surface area contributed by atoms with E-state index < -0.39 is 27.8 Å². The molecule has 0 aromatic heterocycles. The van der Waals surface area contributed by atoms with Crippen molar-refractivity contribution in [1.29, 1.82) is 0 Å². The highest BCUT2D eigenvalue weighted by molar-refractivity contribution is 7.90. The molecule has 0 unspecified atom stereocenters. The lowest BCUT2D eigenvalue weighted by Gasteiger charge is -2.15. The normalized spacial score (nSPS) is 12.0. The second-order valence-corrected chi connectivity index (χ2v) is 7.86. The molecule has 1 atom stereocenters. The topological polar surface area (TPSA) is 108 Å². The minimum absolute atomic E-state index is 0.129. The maximum atomic E-state index is 12.4. The van der Waals surface area contributed by atoms with E-state index in [1.165, 1.54) is 45.4 Å².